The van der Waals surface area contributed by atoms with E-state index in [2.05, 4.69) is 5.10 Å². The molecule has 0 bridgehead atoms. The lowest BCUT2D eigenvalue weighted by Crippen LogP contribution is -2.33. The van der Waals surface area contributed by atoms with Crippen LogP contribution >= 0.6 is 0 Å². The molecule has 0 spiro atoms. The molecule has 8 heteroatoms. The second kappa shape index (κ2) is 7.93. The number of amides is 1. The van der Waals surface area contributed by atoms with E-state index in [0.29, 0.717) is 28.6 Å². The van der Waals surface area contributed by atoms with Crippen LogP contribution < -0.4 is 0 Å². The van der Waals surface area contributed by atoms with Gasteiger partial charge in [-0.2, -0.15) is 0 Å². The number of carbonyl (C=O) groups is 1. The molecule has 2 aliphatic rings. The van der Waals surface area contributed by atoms with E-state index in [-0.39, 0.29) is 11.7 Å². The highest BCUT2D eigenvalue weighted by Crippen LogP contribution is 2.45. The molecule has 1 unspecified atom stereocenters. The fourth-order valence-corrected chi connectivity index (χ4v) is 5.15. The minimum Gasteiger partial charge on any atom is -0.465 e. The molecule has 0 radical (unpaired) electrons. The van der Waals surface area contributed by atoms with Crippen molar-refractivity contribution in [1.82, 2.24) is 14.8 Å². The molecule has 3 aromatic rings. The van der Waals surface area contributed by atoms with Gasteiger partial charge in [-0.25, -0.2) is 13.6 Å². The third-order valence-electron chi connectivity index (χ3n) is 6.68. The number of nitrogens with zero attached hydrogens (tertiary/aromatic N) is 3. The predicted octanol–water partition coefficient (Wildman–Crippen LogP) is 5.85. The first-order valence-corrected chi connectivity index (χ1v) is 10.8. The van der Waals surface area contributed by atoms with Gasteiger partial charge in [-0.1, -0.05) is 31.4 Å². The summed E-state index contributed by atoms with van der Waals surface area (Å²) in [5.41, 5.74) is 3.66. The van der Waals surface area contributed by atoms with Crippen molar-refractivity contribution in [1.29, 1.82) is 0 Å². The van der Waals surface area contributed by atoms with Gasteiger partial charge in [-0.15, -0.1) is 9.94 Å². The Kier molecular flexibility index (Phi) is 5.07. The molecule has 1 aromatic heterocycles. The zero-order valence-corrected chi connectivity index (χ0v) is 17.3. The molecule has 5 rings (SSSR count). The molecule has 166 valence electrons. The number of rotatable bonds is 3. The highest BCUT2D eigenvalue weighted by atomic mass is 19.2. The van der Waals surface area contributed by atoms with Crippen molar-refractivity contribution >= 4 is 6.09 Å². The molecule has 32 heavy (non-hydrogen) atoms. The lowest BCUT2D eigenvalue weighted by molar-refractivity contribution is 0.100. The van der Waals surface area contributed by atoms with Crippen LogP contribution in [0.4, 0.5) is 13.6 Å². The second-order valence-electron chi connectivity index (χ2n) is 8.60. The number of hydrogen-bond acceptors (Lipinski definition) is 3. The summed E-state index contributed by atoms with van der Waals surface area (Å²) >= 11 is 0. The topological polar surface area (TPSA) is 78.6 Å². The molecule has 1 saturated carbocycles. The zero-order valence-electron chi connectivity index (χ0n) is 17.3. The molecule has 1 aliphatic carbocycles. The van der Waals surface area contributed by atoms with Gasteiger partial charge in [0.25, 0.3) is 0 Å². The smallest absolute Gasteiger partial charge is 0.408 e. The van der Waals surface area contributed by atoms with Crippen molar-refractivity contribution in [3.8, 4) is 22.5 Å². The monoisotopic (exact) mass is 439 g/mol. The van der Waals surface area contributed by atoms with Gasteiger partial charge in [0.2, 0.25) is 0 Å². The van der Waals surface area contributed by atoms with Crippen LogP contribution in [0.1, 0.15) is 49.3 Å². The number of fused-ring (bicyclic) bond motifs is 1. The Hall–Kier alpha value is -3.42. The van der Waals surface area contributed by atoms with Crippen LogP contribution in [0.5, 0.6) is 0 Å². The van der Waals surface area contributed by atoms with Crippen LogP contribution in [0.3, 0.4) is 0 Å². The van der Waals surface area contributed by atoms with Crippen LogP contribution in [0, 0.1) is 17.6 Å². The predicted molar refractivity (Wildman–Crippen MR) is 113 cm³/mol. The van der Waals surface area contributed by atoms with E-state index in [9.17, 15) is 23.9 Å². The van der Waals surface area contributed by atoms with E-state index in [1.807, 2.05) is 18.2 Å². The maximum atomic E-state index is 13.6. The van der Waals surface area contributed by atoms with Crippen molar-refractivity contribution in [3.63, 3.8) is 0 Å². The van der Waals surface area contributed by atoms with E-state index in [1.54, 1.807) is 6.07 Å². The Labute approximate surface area is 183 Å². The van der Waals surface area contributed by atoms with Gasteiger partial charge in [-0.05, 0) is 60.2 Å². The Morgan fingerprint density at radius 3 is 2.44 bits per heavy atom. The van der Waals surface area contributed by atoms with Gasteiger partial charge in [0.1, 0.15) is 5.69 Å². The summed E-state index contributed by atoms with van der Waals surface area (Å²) in [4.78, 5) is 14.1. The fourth-order valence-electron chi connectivity index (χ4n) is 5.15. The molecule has 0 saturated heterocycles. The first-order valence-electron chi connectivity index (χ1n) is 10.8. The summed E-state index contributed by atoms with van der Waals surface area (Å²) in [7, 11) is 0. The summed E-state index contributed by atoms with van der Waals surface area (Å²) in [5, 5.41) is 24.2. The lowest BCUT2D eigenvalue weighted by Gasteiger charge is -2.33. The van der Waals surface area contributed by atoms with E-state index in [4.69, 9.17) is 0 Å². The zero-order chi connectivity index (χ0) is 22.4. The van der Waals surface area contributed by atoms with E-state index < -0.39 is 17.7 Å². The minimum atomic E-state index is -1.01. The van der Waals surface area contributed by atoms with Gasteiger partial charge in [0.15, 0.2) is 11.6 Å². The van der Waals surface area contributed by atoms with Crippen LogP contribution in [-0.4, -0.2) is 31.3 Å². The van der Waals surface area contributed by atoms with Crippen molar-refractivity contribution < 1.29 is 23.9 Å². The van der Waals surface area contributed by atoms with Gasteiger partial charge in [0, 0.05) is 11.1 Å². The van der Waals surface area contributed by atoms with Crippen LogP contribution in [0.15, 0.2) is 42.5 Å². The summed E-state index contributed by atoms with van der Waals surface area (Å²) < 4.78 is 26.9. The maximum Gasteiger partial charge on any atom is 0.408 e. The highest BCUT2D eigenvalue weighted by molar-refractivity contribution is 5.71. The van der Waals surface area contributed by atoms with E-state index in [0.717, 1.165) is 54.5 Å². The number of halogens is 2. The van der Waals surface area contributed by atoms with Gasteiger partial charge < -0.3 is 10.3 Å². The van der Waals surface area contributed by atoms with Gasteiger partial charge in [0.05, 0.1) is 18.3 Å². The molecule has 2 aromatic carbocycles. The van der Waals surface area contributed by atoms with Gasteiger partial charge >= 0.3 is 6.09 Å². The number of aromatic nitrogens is 2. The standard InChI is InChI=1S/C24H23F2N3O3/c25-19-9-7-16(11-20(19)26)22-12-21(27-29(22)32)15-6-8-18-17(10-15)13-28(24(30)31)23(18)14-4-2-1-3-5-14/h6-12,14,23,32H,1-5,13H2,(H,30,31). The summed E-state index contributed by atoms with van der Waals surface area (Å²) in [6.07, 6.45) is 4.60. The Bertz CT molecular complexity index is 1190. The van der Waals surface area contributed by atoms with Crippen molar-refractivity contribution in [2.24, 2.45) is 5.92 Å². The lowest BCUT2D eigenvalue weighted by atomic mass is 9.81. The van der Waals surface area contributed by atoms with Crippen LogP contribution in [0.2, 0.25) is 0 Å². The normalized spacial score (nSPS) is 18.7. The largest absolute Gasteiger partial charge is 0.465 e. The summed E-state index contributed by atoms with van der Waals surface area (Å²) in [5.74, 6) is -1.65. The SMILES string of the molecule is O=C(O)N1Cc2cc(-c3cc(-c4ccc(F)c(F)c4)n(O)n3)ccc2C1C1CCCCC1. The number of benzene rings is 2. The maximum absolute atomic E-state index is 13.6. The molecule has 1 amide bonds. The molecule has 6 nitrogen and oxygen atoms in total. The second-order valence-corrected chi connectivity index (χ2v) is 8.60. The number of carboxylic acid groups (broad SMARTS) is 1. The first-order chi connectivity index (χ1) is 15.4. The molecule has 1 aliphatic heterocycles. The van der Waals surface area contributed by atoms with Crippen molar-refractivity contribution in [2.75, 3.05) is 0 Å². The number of hydrogen-bond donors (Lipinski definition) is 2. The molecule has 2 N–H and O–H groups in total. The molecular formula is C24H23F2N3O3. The fraction of sp³-hybridized carbons (Fsp3) is 0.333. The van der Waals surface area contributed by atoms with Crippen LogP contribution in [0.25, 0.3) is 22.5 Å². The molecule has 1 atom stereocenters. The van der Waals surface area contributed by atoms with E-state index in [1.165, 1.54) is 17.4 Å². The van der Waals surface area contributed by atoms with Crippen molar-refractivity contribution in [3.05, 3.63) is 65.2 Å². The highest BCUT2D eigenvalue weighted by Gasteiger charge is 2.39. The van der Waals surface area contributed by atoms with Gasteiger partial charge in [-0.3, -0.25) is 4.90 Å². The average molecular weight is 439 g/mol. The van der Waals surface area contributed by atoms with Crippen LogP contribution in [-0.2, 0) is 6.54 Å². The third-order valence-corrected chi connectivity index (χ3v) is 6.68. The molecule has 1 fully saturated rings. The van der Waals surface area contributed by atoms with Crippen molar-refractivity contribution in [2.45, 2.75) is 44.7 Å². The Morgan fingerprint density at radius 1 is 0.969 bits per heavy atom. The first kappa shape index (κ1) is 20.5. The van der Waals surface area contributed by atoms with E-state index >= 15 is 0 Å². The molecule has 2 heterocycles. The average Bonchev–Trinajstić information content (AvgIpc) is 3.37. The third kappa shape index (κ3) is 3.49. The summed E-state index contributed by atoms with van der Waals surface area (Å²) in [6.45, 7) is 0.315. The Morgan fingerprint density at radius 2 is 1.72 bits per heavy atom. The minimum absolute atomic E-state index is 0.134. The Balaban J connectivity index is 1.49. The molecular weight excluding hydrogens is 416 g/mol. The quantitative estimate of drug-likeness (QED) is 0.502. The summed E-state index contributed by atoms with van der Waals surface area (Å²) in [6, 6.07) is 10.6.